The van der Waals surface area contributed by atoms with Crippen LogP contribution in [0.5, 0.6) is 0 Å². The summed E-state index contributed by atoms with van der Waals surface area (Å²) in [5.74, 6) is 0.622. The average Bonchev–Trinajstić information content (AvgIpc) is 2.80. The smallest absolute Gasteiger partial charge is 0.275 e. The molecule has 4 rings (SSSR count). The number of morpholine rings is 1. The van der Waals surface area contributed by atoms with E-state index in [9.17, 15) is 4.79 Å². The number of benzene rings is 1. The number of nitrogens with one attached hydrogen (secondary N) is 1. The molecule has 0 radical (unpaired) electrons. The normalized spacial score (nSPS) is 19.8. The second-order valence-corrected chi connectivity index (χ2v) is 7.58. The van der Waals surface area contributed by atoms with E-state index >= 15 is 0 Å². The summed E-state index contributed by atoms with van der Waals surface area (Å²) in [7, 11) is 0. The lowest BCUT2D eigenvalue weighted by atomic mass is 10.0. The molecule has 1 N–H and O–H groups in total. The first-order valence-electron chi connectivity index (χ1n) is 10.6. The Morgan fingerprint density at radius 1 is 1.14 bits per heavy atom. The van der Waals surface area contributed by atoms with Gasteiger partial charge in [-0.15, -0.1) is 0 Å². The zero-order valence-corrected chi connectivity index (χ0v) is 17.0. The highest BCUT2D eigenvalue weighted by molar-refractivity contribution is 6.04. The van der Waals surface area contributed by atoms with Gasteiger partial charge in [0, 0.05) is 25.7 Å². The van der Waals surface area contributed by atoms with Gasteiger partial charge in [0.2, 0.25) is 0 Å². The van der Waals surface area contributed by atoms with Crippen LogP contribution in [-0.4, -0.2) is 54.8 Å². The molecular weight excluding hydrogens is 366 g/mol. The first-order valence-corrected chi connectivity index (χ1v) is 10.6. The van der Waals surface area contributed by atoms with Gasteiger partial charge in [-0.2, -0.15) is 0 Å². The van der Waals surface area contributed by atoms with Crippen molar-refractivity contribution < 1.29 is 9.53 Å². The van der Waals surface area contributed by atoms with E-state index in [2.05, 4.69) is 32.0 Å². The molecule has 2 aliphatic heterocycles. The molecule has 1 unspecified atom stereocenters. The van der Waals surface area contributed by atoms with Crippen LogP contribution in [0.15, 0.2) is 36.7 Å². The first kappa shape index (κ1) is 19.6. The fourth-order valence-electron chi connectivity index (χ4n) is 4.16. The molecule has 1 atom stereocenters. The average molecular weight is 396 g/mol. The van der Waals surface area contributed by atoms with Crippen LogP contribution in [0, 0.1) is 0 Å². The van der Waals surface area contributed by atoms with Crippen LogP contribution in [0.3, 0.4) is 0 Å². The fraction of sp³-hybridized carbons (Fsp3) is 0.500. The zero-order chi connectivity index (χ0) is 20.1. The minimum atomic E-state index is -0.240. The van der Waals surface area contributed by atoms with Gasteiger partial charge in [-0.3, -0.25) is 4.79 Å². The maximum atomic E-state index is 12.8. The van der Waals surface area contributed by atoms with E-state index in [0.29, 0.717) is 24.9 Å². The molecule has 2 aromatic rings. The molecule has 0 saturated carbocycles. The Morgan fingerprint density at radius 3 is 2.72 bits per heavy atom. The van der Waals surface area contributed by atoms with Gasteiger partial charge >= 0.3 is 0 Å². The van der Waals surface area contributed by atoms with Gasteiger partial charge in [0.15, 0.2) is 0 Å². The summed E-state index contributed by atoms with van der Waals surface area (Å²) < 4.78 is 5.44. The van der Waals surface area contributed by atoms with E-state index in [-0.39, 0.29) is 5.91 Å². The molecule has 0 aliphatic carbocycles. The number of carbonyl (C=O) groups excluding carboxylic acids is 1. The molecule has 154 valence electrons. The van der Waals surface area contributed by atoms with Crippen molar-refractivity contribution in [1.82, 2.24) is 9.97 Å². The van der Waals surface area contributed by atoms with Crippen molar-refractivity contribution in [2.75, 3.05) is 48.0 Å². The van der Waals surface area contributed by atoms with Crippen molar-refractivity contribution in [1.29, 1.82) is 0 Å². The highest BCUT2D eigenvalue weighted by Crippen LogP contribution is 2.27. The van der Waals surface area contributed by atoms with Crippen molar-refractivity contribution >= 4 is 23.1 Å². The van der Waals surface area contributed by atoms with Gasteiger partial charge in [0.1, 0.15) is 11.5 Å². The van der Waals surface area contributed by atoms with E-state index < -0.39 is 0 Å². The molecule has 7 nitrogen and oxygen atoms in total. The molecule has 29 heavy (non-hydrogen) atoms. The topological polar surface area (TPSA) is 70.6 Å². The Balaban J connectivity index is 1.47. The highest BCUT2D eigenvalue weighted by atomic mass is 16.5. The van der Waals surface area contributed by atoms with E-state index in [1.54, 1.807) is 12.4 Å². The van der Waals surface area contributed by atoms with E-state index in [4.69, 9.17) is 4.74 Å². The largest absolute Gasteiger partial charge is 0.378 e. The van der Waals surface area contributed by atoms with Gasteiger partial charge < -0.3 is 19.9 Å². The summed E-state index contributed by atoms with van der Waals surface area (Å²) in [5, 5.41) is 3.01. The number of hydrogen-bond donors (Lipinski definition) is 1. The molecule has 1 aromatic heterocycles. The van der Waals surface area contributed by atoms with Crippen LogP contribution in [0.25, 0.3) is 0 Å². The molecule has 1 aromatic carbocycles. The van der Waals surface area contributed by atoms with Crippen molar-refractivity contribution in [3.8, 4) is 0 Å². The number of anilines is 3. The van der Waals surface area contributed by atoms with Crippen molar-refractivity contribution in [3.05, 3.63) is 42.4 Å². The van der Waals surface area contributed by atoms with Crippen molar-refractivity contribution in [2.24, 2.45) is 0 Å². The summed E-state index contributed by atoms with van der Waals surface area (Å²) in [6, 6.07) is 8.37. The summed E-state index contributed by atoms with van der Waals surface area (Å²) in [6.45, 7) is 6.25. The summed E-state index contributed by atoms with van der Waals surface area (Å²) in [5.41, 5.74) is 2.12. The van der Waals surface area contributed by atoms with Gasteiger partial charge in [-0.25, -0.2) is 9.97 Å². The number of ether oxygens (including phenoxy) is 1. The third-order valence-corrected chi connectivity index (χ3v) is 5.77. The second-order valence-electron chi connectivity index (χ2n) is 7.58. The third kappa shape index (κ3) is 4.50. The van der Waals surface area contributed by atoms with Gasteiger partial charge in [-0.1, -0.05) is 19.1 Å². The lowest BCUT2D eigenvalue weighted by molar-refractivity contribution is 0.102. The maximum absolute atomic E-state index is 12.8. The molecule has 2 saturated heterocycles. The standard InChI is InChI=1S/C22H29N5O2/c1-2-17-7-5-6-10-27(17)21-16-23-19(15-24-21)22(28)25-18-8-3-4-9-20(18)26-11-13-29-14-12-26/h3-4,8-9,15-17H,2,5-7,10-14H2,1H3,(H,25,28). The number of aromatic nitrogens is 2. The fourth-order valence-corrected chi connectivity index (χ4v) is 4.16. The van der Waals surface area contributed by atoms with Crippen LogP contribution in [0.1, 0.15) is 43.1 Å². The van der Waals surface area contributed by atoms with Crippen LogP contribution < -0.4 is 15.1 Å². The Kier molecular flexibility index (Phi) is 6.24. The lowest BCUT2D eigenvalue weighted by Gasteiger charge is -2.35. The van der Waals surface area contributed by atoms with Crippen molar-refractivity contribution in [2.45, 2.75) is 38.6 Å². The van der Waals surface area contributed by atoms with Crippen LogP contribution in [-0.2, 0) is 4.74 Å². The minimum Gasteiger partial charge on any atom is -0.378 e. The molecule has 2 aliphatic rings. The Hall–Kier alpha value is -2.67. The van der Waals surface area contributed by atoms with Gasteiger partial charge in [0.25, 0.3) is 5.91 Å². The predicted molar refractivity (Wildman–Crippen MR) is 115 cm³/mol. The minimum absolute atomic E-state index is 0.240. The second kappa shape index (κ2) is 9.22. The summed E-state index contributed by atoms with van der Waals surface area (Å²) in [4.78, 5) is 26.3. The van der Waals surface area contributed by atoms with Crippen LogP contribution >= 0.6 is 0 Å². The molecule has 3 heterocycles. The van der Waals surface area contributed by atoms with E-state index in [0.717, 1.165) is 43.2 Å². The van der Waals surface area contributed by atoms with Crippen LogP contribution in [0.2, 0.25) is 0 Å². The highest BCUT2D eigenvalue weighted by Gasteiger charge is 2.23. The third-order valence-electron chi connectivity index (χ3n) is 5.77. The number of carbonyl (C=O) groups is 1. The number of nitrogens with zero attached hydrogens (tertiary/aromatic N) is 4. The summed E-state index contributed by atoms with van der Waals surface area (Å²) >= 11 is 0. The summed E-state index contributed by atoms with van der Waals surface area (Å²) in [6.07, 6.45) is 8.06. The SMILES string of the molecule is CCC1CCCCN1c1cnc(C(=O)Nc2ccccc2N2CCOCC2)cn1. The molecule has 0 spiro atoms. The first-order chi connectivity index (χ1) is 14.3. The molecular formula is C22H29N5O2. The van der Waals surface area contributed by atoms with E-state index in [1.807, 2.05) is 24.3 Å². The number of para-hydroxylation sites is 2. The van der Waals surface area contributed by atoms with Crippen molar-refractivity contribution in [3.63, 3.8) is 0 Å². The predicted octanol–water partition coefficient (Wildman–Crippen LogP) is 3.33. The Morgan fingerprint density at radius 2 is 1.97 bits per heavy atom. The monoisotopic (exact) mass is 395 g/mol. The van der Waals surface area contributed by atoms with Crippen LogP contribution in [0.4, 0.5) is 17.2 Å². The van der Waals surface area contributed by atoms with E-state index in [1.165, 1.54) is 19.3 Å². The number of hydrogen-bond acceptors (Lipinski definition) is 6. The molecule has 7 heteroatoms. The number of rotatable bonds is 5. The quantitative estimate of drug-likeness (QED) is 0.837. The Labute approximate surface area is 172 Å². The molecule has 1 amide bonds. The van der Waals surface area contributed by atoms with Gasteiger partial charge in [0.05, 0.1) is 37.0 Å². The lowest BCUT2D eigenvalue weighted by Crippen LogP contribution is -2.39. The zero-order valence-electron chi connectivity index (χ0n) is 17.0. The Bertz CT molecular complexity index is 820. The van der Waals surface area contributed by atoms with Gasteiger partial charge in [-0.05, 0) is 37.8 Å². The maximum Gasteiger partial charge on any atom is 0.275 e. The molecule has 0 bridgehead atoms. The number of amides is 1. The number of piperidine rings is 1. The molecule has 2 fully saturated rings.